The standard InChI is InChI=1S/C17H30N2/c1-15(2)17(11-12-18)10-7-13-19(3)14-16-8-5-4-6-9-16/h4-6,8-9,15,17H,7,10-14,18H2,1-3H3. The molecule has 0 amide bonds. The van der Waals surface area contributed by atoms with E-state index in [9.17, 15) is 0 Å². The number of benzene rings is 1. The summed E-state index contributed by atoms with van der Waals surface area (Å²) in [5.74, 6) is 1.54. The first-order valence-corrected chi connectivity index (χ1v) is 7.56. The number of nitrogens with zero attached hydrogens (tertiary/aromatic N) is 1. The summed E-state index contributed by atoms with van der Waals surface area (Å²) in [6.07, 6.45) is 3.74. The van der Waals surface area contributed by atoms with Crippen LogP contribution in [0.3, 0.4) is 0 Å². The normalized spacial score (nSPS) is 13.2. The molecule has 1 atom stereocenters. The van der Waals surface area contributed by atoms with Crippen molar-refractivity contribution < 1.29 is 0 Å². The van der Waals surface area contributed by atoms with Crippen LogP contribution in [0.2, 0.25) is 0 Å². The molecule has 0 bridgehead atoms. The molecule has 0 heterocycles. The zero-order valence-electron chi connectivity index (χ0n) is 12.8. The van der Waals surface area contributed by atoms with Gasteiger partial charge in [0.05, 0.1) is 0 Å². The Bertz CT molecular complexity index is 321. The van der Waals surface area contributed by atoms with Crippen molar-refractivity contribution >= 4 is 0 Å². The minimum Gasteiger partial charge on any atom is -0.330 e. The minimum atomic E-state index is 0.753. The van der Waals surface area contributed by atoms with Crippen LogP contribution in [0, 0.1) is 11.8 Å². The van der Waals surface area contributed by atoms with Crippen LogP contribution in [0.15, 0.2) is 30.3 Å². The summed E-state index contributed by atoms with van der Waals surface area (Å²) in [7, 11) is 2.21. The summed E-state index contributed by atoms with van der Waals surface area (Å²) >= 11 is 0. The molecule has 0 spiro atoms. The molecule has 0 aliphatic carbocycles. The number of hydrogen-bond acceptors (Lipinski definition) is 2. The first kappa shape index (κ1) is 16.2. The fraction of sp³-hybridized carbons (Fsp3) is 0.647. The van der Waals surface area contributed by atoms with Crippen molar-refractivity contribution in [1.82, 2.24) is 4.90 Å². The van der Waals surface area contributed by atoms with Crippen molar-refractivity contribution in [2.24, 2.45) is 17.6 Å². The quantitative estimate of drug-likeness (QED) is 0.738. The lowest BCUT2D eigenvalue weighted by atomic mass is 9.88. The molecule has 0 saturated heterocycles. The molecular formula is C17H30N2. The molecule has 0 aliphatic rings. The van der Waals surface area contributed by atoms with E-state index in [4.69, 9.17) is 5.73 Å². The van der Waals surface area contributed by atoms with Crippen LogP contribution in [0.5, 0.6) is 0 Å². The zero-order chi connectivity index (χ0) is 14.1. The summed E-state index contributed by atoms with van der Waals surface area (Å²) in [5.41, 5.74) is 7.09. The molecule has 1 unspecified atom stereocenters. The highest BCUT2D eigenvalue weighted by molar-refractivity contribution is 5.14. The summed E-state index contributed by atoms with van der Waals surface area (Å²) in [6.45, 7) is 7.66. The van der Waals surface area contributed by atoms with Gasteiger partial charge in [0, 0.05) is 6.54 Å². The van der Waals surface area contributed by atoms with Crippen LogP contribution in [-0.4, -0.2) is 25.0 Å². The predicted octanol–water partition coefficient (Wildman–Crippen LogP) is 3.52. The Kier molecular flexibility index (Phi) is 7.76. The van der Waals surface area contributed by atoms with Gasteiger partial charge in [-0.05, 0) is 56.8 Å². The maximum atomic E-state index is 5.69. The Balaban J connectivity index is 2.24. The van der Waals surface area contributed by atoms with E-state index in [1.807, 2.05) is 0 Å². The molecule has 0 aliphatic heterocycles. The van der Waals surface area contributed by atoms with Crippen LogP contribution in [0.25, 0.3) is 0 Å². The van der Waals surface area contributed by atoms with Crippen LogP contribution >= 0.6 is 0 Å². The smallest absolute Gasteiger partial charge is 0.0230 e. The fourth-order valence-corrected chi connectivity index (χ4v) is 2.62. The van der Waals surface area contributed by atoms with Crippen molar-refractivity contribution in [3.05, 3.63) is 35.9 Å². The Labute approximate surface area is 119 Å². The maximum Gasteiger partial charge on any atom is 0.0230 e. The molecule has 0 fully saturated rings. The molecule has 1 rings (SSSR count). The Hall–Kier alpha value is -0.860. The molecule has 2 N–H and O–H groups in total. The molecule has 0 radical (unpaired) electrons. The van der Waals surface area contributed by atoms with Gasteiger partial charge < -0.3 is 10.6 Å². The van der Waals surface area contributed by atoms with E-state index in [-0.39, 0.29) is 0 Å². The molecule has 0 saturated carbocycles. The summed E-state index contributed by atoms with van der Waals surface area (Å²) in [4.78, 5) is 2.41. The van der Waals surface area contributed by atoms with Gasteiger partial charge in [-0.15, -0.1) is 0 Å². The molecular weight excluding hydrogens is 232 g/mol. The van der Waals surface area contributed by atoms with E-state index in [0.29, 0.717) is 0 Å². The van der Waals surface area contributed by atoms with Crippen molar-refractivity contribution in [2.75, 3.05) is 20.1 Å². The highest BCUT2D eigenvalue weighted by Gasteiger charge is 2.12. The van der Waals surface area contributed by atoms with Crippen molar-refractivity contribution in [3.63, 3.8) is 0 Å². The summed E-state index contributed by atoms with van der Waals surface area (Å²) in [6, 6.07) is 10.7. The van der Waals surface area contributed by atoms with Crippen molar-refractivity contribution in [3.8, 4) is 0 Å². The molecule has 2 nitrogen and oxygen atoms in total. The van der Waals surface area contributed by atoms with Gasteiger partial charge in [-0.25, -0.2) is 0 Å². The first-order valence-electron chi connectivity index (χ1n) is 7.56. The van der Waals surface area contributed by atoms with Crippen LogP contribution in [0.4, 0.5) is 0 Å². The third-order valence-corrected chi connectivity index (χ3v) is 3.89. The summed E-state index contributed by atoms with van der Waals surface area (Å²) < 4.78 is 0. The van der Waals surface area contributed by atoms with E-state index in [1.54, 1.807) is 0 Å². The van der Waals surface area contributed by atoms with Crippen LogP contribution in [-0.2, 0) is 6.54 Å². The van der Waals surface area contributed by atoms with Gasteiger partial charge in [-0.1, -0.05) is 44.2 Å². The van der Waals surface area contributed by atoms with Crippen LogP contribution < -0.4 is 5.73 Å². The highest BCUT2D eigenvalue weighted by Crippen LogP contribution is 2.20. The molecule has 2 heteroatoms. The van der Waals surface area contributed by atoms with Gasteiger partial charge in [0.25, 0.3) is 0 Å². The summed E-state index contributed by atoms with van der Waals surface area (Å²) in [5, 5.41) is 0. The zero-order valence-corrected chi connectivity index (χ0v) is 12.8. The first-order chi connectivity index (χ1) is 9.13. The molecule has 19 heavy (non-hydrogen) atoms. The van der Waals surface area contributed by atoms with Crippen LogP contribution in [0.1, 0.15) is 38.7 Å². The topological polar surface area (TPSA) is 29.3 Å². The van der Waals surface area contributed by atoms with Gasteiger partial charge in [-0.2, -0.15) is 0 Å². The van der Waals surface area contributed by atoms with E-state index in [2.05, 4.69) is 56.1 Å². The predicted molar refractivity (Wildman–Crippen MR) is 84.0 cm³/mol. The average molecular weight is 262 g/mol. The molecule has 1 aromatic rings. The number of hydrogen-bond donors (Lipinski definition) is 1. The Morgan fingerprint density at radius 2 is 1.79 bits per heavy atom. The second-order valence-corrected chi connectivity index (χ2v) is 5.95. The second kappa shape index (κ2) is 9.11. The Morgan fingerprint density at radius 3 is 2.37 bits per heavy atom. The van der Waals surface area contributed by atoms with Gasteiger partial charge in [0.2, 0.25) is 0 Å². The molecule has 0 aromatic heterocycles. The third kappa shape index (κ3) is 6.74. The third-order valence-electron chi connectivity index (χ3n) is 3.89. The fourth-order valence-electron chi connectivity index (χ4n) is 2.62. The lowest BCUT2D eigenvalue weighted by Gasteiger charge is -2.22. The highest BCUT2D eigenvalue weighted by atomic mass is 15.1. The van der Waals surface area contributed by atoms with Crippen molar-refractivity contribution in [2.45, 2.75) is 39.7 Å². The van der Waals surface area contributed by atoms with E-state index < -0.39 is 0 Å². The van der Waals surface area contributed by atoms with Gasteiger partial charge in [0.1, 0.15) is 0 Å². The second-order valence-electron chi connectivity index (χ2n) is 5.95. The number of rotatable bonds is 9. The maximum absolute atomic E-state index is 5.69. The lowest BCUT2D eigenvalue weighted by Crippen LogP contribution is -2.21. The molecule has 108 valence electrons. The van der Waals surface area contributed by atoms with E-state index in [1.165, 1.54) is 31.4 Å². The average Bonchev–Trinajstić information content (AvgIpc) is 2.38. The Morgan fingerprint density at radius 1 is 1.11 bits per heavy atom. The van der Waals surface area contributed by atoms with E-state index >= 15 is 0 Å². The van der Waals surface area contributed by atoms with E-state index in [0.717, 1.165) is 24.9 Å². The van der Waals surface area contributed by atoms with Gasteiger partial charge in [-0.3, -0.25) is 0 Å². The SMILES string of the molecule is CC(C)C(CCN)CCCN(C)Cc1ccccc1. The molecule has 1 aromatic carbocycles. The van der Waals surface area contributed by atoms with Gasteiger partial charge >= 0.3 is 0 Å². The lowest BCUT2D eigenvalue weighted by molar-refractivity contribution is 0.278. The van der Waals surface area contributed by atoms with Crippen molar-refractivity contribution in [1.29, 1.82) is 0 Å². The largest absolute Gasteiger partial charge is 0.330 e. The number of nitrogens with two attached hydrogens (primary N) is 1. The monoisotopic (exact) mass is 262 g/mol. The minimum absolute atomic E-state index is 0.753. The van der Waals surface area contributed by atoms with Gasteiger partial charge in [0.15, 0.2) is 0 Å².